The highest BCUT2D eigenvalue weighted by Crippen LogP contribution is 2.14. The maximum Gasteiger partial charge on any atom is 0.267 e. The Morgan fingerprint density at radius 3 is 2.42 bits per heavy atom. The van der Waals surface area contributed by atoms with Crippen molar-refractivity contribution in [1.82, 2.24) is 5.32 Å². The summed E-state index contributed by atoms with van der Waals surface area (Å²) in [5.41, 5.74) is 2.70. The first-order chi connectivity index (χ1) is 11.0. The van der Waals surface area contributed by atoms with E-state index in [1.165, 1.54) is 0 Å². The molecule has 1 aromatic rings. The fourth-order valence-corrected chi connectivity index (χ4v) is 3.18. The molecule has 1 aliphatic heterocycles. The number of amidine groups is 1. The Kier molecular flexibility index (Phi) is 5.45. The van der Waals surface area contributed by atoms with Gasteiger partial charge in [0.25, 0.3) is 10.1 Å². The van der Waals surface area contributed by atoms with E-state index in [4.69, 9.17) is 4.55 Å². The Labute approximate surface area is 143 Å². The minimum Gasteiger partial charge on any atom is -0.369 e. The van der Waals surface area contributed by atoms with Gasteiger partial charge in [-0.3, -0.25) is 14.5 Å². The molecule has 0 saturated heterocycles. The molecule has 1 aliphatic rings. The van der Waals surface area contributed by atoms with Crippen molar-refractivity contribution in [3.05, 3.63) is 35.4 Å². The molecule has 7 heteroatoms. The molecule has 0 aromatic heterocycles. The van der Waals surface area contributed by atoms with Gasteiger partial charge in [0.15, 0.2) is 0 Å². The monoisotopic (exact) mass is 351 g/mol. The molecular formula is C17H25N3O3S. The van der Waals surface area contributed by atoms with E-state index in [0.717, 1.165) is 22.7 Å². The van der Waals surface area contributed by atoms with Crippen molar-refractivity contribution < 1.29 is 13.0 Å². The van der Waals surface area contributed by atoms with Crippen LogP contribution in [0.1, 0.15) is 38.3 Å². The molecule has 0 fully saturated rings. The van der Waals surface area contributed by atoms with Crippen molar-refractivity contribution >= 4 is 21.7 Å². The van der Waals surface area contributed by atoms with Crippen molar-refractivity contribution in [2.45, 2.75) is 45.7 Å². The molecular weight excluding hydrogens is 326 g/mol. The van der Waals surface area contributed by atoms with Crippen LogP contribution in [0.3, 0.4) is 0 Å². The van der Waals surface area contributed by atoms with Gasteiger partial charge in [-0.05, 0) is 33.3 Å². The molecule has 2 rings (SSSR count). The molecule has 0 radical (unpaired) electrons. The van der Waals surface area contributed by atoms with Crippen LogP contribution in [0, 0.1) is 6.92 Å². The van der Waals surface area contributed by atoms with Gasteiger partial charge in [-0.25, -0.2) is 0 Å². The molecule has 1 atom stereocenters. The zero-order valence-corrected chi connectivity index (χ0v) is 15.4. The fourth-order valence-electron chi connectivity index (χ4n) is 2.51. The Bertz CT molecular complexity index is 744. The second-order valence-electron chi connectivity index (χ2n) is 7.18. The van der Waals surface area contributed by atoms with Crippen LogP contribution < -0.4 is 5.32 Å². The van der Waals surface area contributed by atoms with Crippen LogP contribution in [0.5, 0.6) is 0 Å². The lowest BCUT2D eigenvalue weighted by Gasteiger charge is -2.23. The third-order valence-electron chi connectivity index (χ3n) is 3.47. The fraction of sp³-hybridized carbons (Fsp3) is 0.529. The topological polar surface area (TPSA) is 91.1 Å². The molecule has 0 amide bonds. The molecule has 1 heterocycles. The number of benzene rings is 1. The van der Waals surface area contributed by atoms with Gasteiger partial charge in [0, 0.05) is 17.7 Å². The summed E-state index contributed by atoms with van der Waals surface area (Å²) in [4.78, 5) is 9.05. The summed E-state index contributed by atoms with van der Waals surface area (Å²) in [6.45, 7) is 8.36. The zero-order valence-electron chi connectivity index (χ0n) is 14.6. The van der Waals surface area contributed by atoms with E-state index in [9.17, 15) is 8.42 Å². The first-order valence-corrected chi connectivity index (χ1v) is 9.53. The number of aliphatic imine (C=N–C) groups is 2. The van der Waals surface area contributed by atoms with Gasteiger partial charge in [-0.15, -0.1) is 0 Å². The Hall–Kier alpha value is -1.73. The van der Waals surface area contributed by atoms with Crippen LogP contribution in [-0.2, 0) is 10.1 Å². The minimum absolute atomic E-state index is 0.153. The van der Waals surface area contributed by atoms with Crippen molar-refractivity contribution in [2.24, 2.45) is 9.98 Å². The molecule has 0 spiro atoms. The number of rotatable bonds is 3. The maximum absolute atomic E-state index is 11.2. The largest absolute Gasteiger partial charge is 0.369 e. The minimum atomic E-state index is -4.10. The molecule has 132 valence electrons. The van der Waals surface area contributed by atoms with E-state index in [-0.39, 0.29) is 12.1 Å². The van der Waals surface area contributed by atoms with Gasteiger partial charge >= 0.3 is 0 Å². The molecule has 0 aliphatic carbocycles. The summed E-state index contributed by atoms with van der Waals surface area (Å²) in [6.07, 6.45) is 0.502. The van der Waals surface area contributed by atoms with Crippen molar-refractivity contribution in [1.29, 1.82) is 0 Å². The highest BCUT2D eigenvalue weighted by Gasteiger charge is 2.23. The summed E-state index contributed by atoms with van der Waals surface area (Å²) in [7, 11) is -4.10. The normalized spacial score (nSPS) is 19.3. The second-order valence-corrected chi connectivity index (χ2v) is 8.68. The lowest BCUT2D eigenvalue weighted by atomic mass is 10.0. The number of nitrogens with one attached hydrogen (secondary N) is 1. The number of nitrogens with zero attached hydrogens (tertiary/aromatic N) is 2. The molecule has 24 heavy (non-hydrogen) atoms. The predicted molar refractivity (Wildman–Crippen MR) is 97.7 cm³/mol. The van der Waals surface area contributed by atoms with E-state index >= 15 is 0 Å². The van der Waals surface area contributed by atoms with E-state index in [0.29, 0.717) is 6.42 Å². The van der Waals surface area contributed by atoms with Crippen LogP contribution in [0.2, 0.25) is 0 Å². The molecule has 0 saturated carbocycles. The van der Waals surface area contributed by atoms with Crippen LogP contribution in [0.15, 0.2) is 34.3 Å². The first-order valence-electron chi connectivity index (χ1n) is 7.92. The van der Waals surface area contributed by atoms with Crippen molar-refractivity contribution in [2.75, 3.05) is 12.3 Å². The van der Waals surface area contributed by atoms with Gasteiger partial charge in [-0.2, -0.15) is 8.42 Å². The van der Waals surface area contributed by atoms with Gasteiger partial charge in [0.1, 0.15) is 5.84 Å². The number of hydrogen-bond donors (Lipinski definition) is 2. The van der Waals surface area contributed by atoms with Crippen LogP contribution >= 0.6 is 0 Å². The zero-order chi connectivity index (χ0) is 18.0. The number of aryl methyl sites for hydroxylation is 1. The molecule has 0 bridgehead atoms. The predicted octanol–water partition coefficient (Wildman–Crippen LogP) is 2.23. The summed E-state index contributed by atoms with van der Waals surface area (Å²) < 4.78 is 31.6. The van der Waals surface area contributed by atoms with Crippen molar-refractivity contribution in [3.8, 4) is 0 Å². The lowest BCUT2D eigenvalue weighted by molar-refractivity contribution is 0.477. The quantitative estimate of drug-likeness (QED) is 0.817. The third kappa shape index (κ3) is 6.05. The molecule has 2 N–H and O–H groups in total. The Balaban J connectivity index is 2.35. The van der Waals surface area contributed by atoms with Gasteiger partial charge in [0.2, 0.25) is 0 Å². The lowest BCUT2D eigenvalue weighted by Crippen LogP contribution is -2.41. The smallest absolute Gasteiger partial charge is 0.267 e. The van der Waals surface area contributed by atoms with E-state index in [1.807, 2.05) is 52.0 Å². The van der Waals surface area contributed by atoms with E-state index in [2.05, 4.69) is 15.3 Å². The Morgan fingerprint density at radius 1 is 1.25 bits per heavy atom. The molecule has 1 unspecified atom stereocenters. The molecule has 6 nitrogen and oxygen atoms in total. The summed E-state index contributed by atoms with van der Waals surface area (Å²) in [5, 5.41) is 3.35. The summed E-state index contributed by atoms with van der Waals surface area (Å²) in [6, 6.07) is 7.34. The highest BCUT2D eigenvalue weighted by atomic mass is 32.2. The average Bonchev–Trinajstić information content (AvgIpc) is 2.59. The van der Waals surface area contributed by atoms with Gasteiger partial charge in [-0.1, -0.05) is 29.8 Å². The summed E-state index contributed by atoms with van der Waals surface area (Å²) >= 11 is 0. The Morgan fingerprint density at radius 2 is 1.88 bits per heavy atom. The SMILES string of the molecule is Cc1ccc(C2=NC(CS(=O)(=O)O)CN=C(NC(C)(C)C)C2)cc1. The number of hydrogen-bond acceptors (Lipinski definition) is 5. The van der Waals surface area contributed by atoms with Crippen LogP contribution in [0.4, 0.5) is 0 Å². The second kappa shape index (κ2) is 7.03. The average molecular weight is 351 g/mol. The highest BCUT2D eigenvalue weighted by molar-refractivity contribution is 7.85. The maximum atomic E-state index is 11.2. The van der Waals surface area contributed by atoms with E-state index in [1.54, 1.807) is 0 Å². The standard InChI is InChI=1S/C17H25N3O3S/c1-12-5-7-13(8-6-12)15-9-16(20-17(2,3)4)18-10-14(19-15)11-24(21,22)23/h5-8,14H,9-11H2,1-4H3,(H,18,20)(H,21,22,23). The van der Waals surface area contributed by atoms with Crippen LogP contribution in [0.25, 0.3) is 0 Å². The first kappa shape index (κ1) is 18.6. The third-order valence-corrected chi connectivity index (χ3v) is 4.28. The van der Waals surface area contributed by atoms with Crippen molar-refractivity contribution in [3.63, 3.8) is 0 Å². The summed E-state index contributed by atoms with van der Waals surface area (Å²) in [5.74, 6) is 0.356. The molecule has 1 aromatic carbocycles. The van der Waals surface area contributed by atoms with Crippen LogP contribution in [-0.4, -0.2) is 48.4 Å². The van der Waals surface area contributed by atoms with Gasteiger partial charge in [0.05, 0.1) is 18.3 Å². The van der Waals surface area contributed by atoms with E-state index < -0.39 is 21.9 Å². The van der Waals surface area contributed by atoms with Gasteiger partial charge < -0.3 is 5.32 Å².